The van der Waals surface area contributed by atoms with E-state index in [0.29, 0.717) is 11.3 Å². The van der Waals surface area contributed by atoms with E-state index < -0.39 is 11.9 Å². The number of esters is 1. The van der Waals surface area contributed by atoms with Crippen LogP contribution >= 0.6 is 15.9 Å². The second kappa shape index (κ2) is 6.84. The molecular weight excluding hydrogens is 374 g/mol. The molecule has 0 aliphatic rings. The third kappa shape index (κ3) is 3.62. The number of imidazole rings is 1. The minimum Gasteiger partial charge on any atom is -0.451 e. The topological polar surface area (TPSA) is 72.7 Å². The van der Waals surface area contributed by atoms with Crippen molar-refractivity contribution in [1.29, 1.82) is 0 Å². The lowest BCUT2D eigenvalue weighted by molar-refractivity contribution is -0.119. The second-order valence-electron chi connectivity index (χ2n) is 5.18. The molecule has 0 unspecified atom stereocenters. The standard InChI is InChI=1S/C17H14BrN3O3/c1-11-8-12(18)5-6-13(11)20-16(22)10-24-17(23)14-9-21-7-3-2-4-15(21)19-14/h2-9H,10H2,1H3,(H,20,22). The summed E-state index contributed by atoms with van der Waals surface area (Å²) in [7, 11) is 0. The largest absolute Gasteiger partial charge is 0.451 e. The molecule has 3 aromatic rings. The molecule has 0 atom stereocenters. The lowest BCUT2D eigenvalue weighted by atomic mass is 10.2. The summed E-state index contributed by atoms with van der Waals surface area (Å²) in [6.45, 7) is 1.51. The molecular formula is C17H14BrN3O3. The van der Waals surface area contributed by atoms with Crippen molar-refractivity contribution < 1.29 is 14.3 Å². The molecule has 2 aromatic heterocycles. The van der Waals surface area contributed by atoms with Gasteiger partial charge >= 0.3 is 5.97 Å². The Bertz CT molecular complexity index is 887. The molecule has 2 heterocycles. The highest BCUT2D eigenvalue weighted by molar-refractivity contribution is 9.10. The third-order valence-electron chi connectivity index (χ3n) is 3.37. The van der Waals surface area contributed by atoms with E-state index in [9.17, 15) is 9.59 Å². The number of nitrogens with one attached hydrogen (secondary N) is 1. The van der Waals surface area contributed by atoms with E-state index in [1.54, 1.807) is 28.9 Å². The highest BCUT2D eigenvalue weighted by atomic mass is 79.9. The van der Waals surface area contributed by atoms with Gasteiger partial charge in [0.1, 0.15) is 5.65 Å². The number of fused-ring (bicyclic) bond motifs is 1. The first-order valence-electron chi connectivity index (χ1n) is 7.20. The minimum absolute atomic E-state index is 0.161. The first-order chi connectivity index (χ1) is 11.5. The van der Waals surface area contributed by atoms with E-state index in [1.807, 2.05) is 31.2 Å². The van der Waals surface area contributed by atoms with Gasteiger partial charge in [-0.25, -0.2) is 9.78 Å². The number of carbonyl (C=O) groups is 2. The Morgan fingerprint density at radius 1 is 1.29 bits per heavy atom. The van der Waals surface area contributed by atoms with Crippen molar-refractivity contribution in [2.24, 2.45) is 0 Å². The van der Waals surface area contributed by atoms with E-state index in [-0.39, 0.29) is 12.3 Å². The summed E-state index contributed by atoms with van der Waals surface area (Å²) in [5.74, 6) is -1.04. The van der Waals surface area contributed by atoms with Crippen molar-refractivity contribution in [1.82, 2.24) is 9.38 Å². The van der Waals surface area contributed by atoms with E-state index in [0.717, 1.165) is 10.0 Å². The van der Waals surface area contributed by atoms with Gasteiger partial charge in [0.2, 0.25) is 0 Å². The van der Waals surface area contributed by atoms with Crippen molar-refractivity contribution >= 4 is 39.1 Å². The third-order valence-corrected chi connectivity index (χ3v) is 3.86. The number of hydrogen-bond donors (Lipinski definition) is 1. The number of nitrogens with zero attached hydrogens (tertiary/aromatic N) is 2. The molecule has 24 heavy (non-hydrogen) atoms. The summed E-state index contributed by atoms with van der Waals surface area (Å²) in [6, 6.07) is 10.9. The molecule has 6 nitrogen and oxygen atoms in total. The van der Waals surface area contributed by atoms with Crippen LogP contribution in [0, 0.1) is 6.92 Å². The fraction of sp³-hybridized carbons (Fsp3) is 0.118. The van der Waals surface area contributed by atoms with Gasteiger partial charge in [-0.3, -0.25) is 4.79 Å². The fourth-order valence-corrected chi connectivity index (χ4v) is 2.67. The van der Waals surface area contributed by atoms with Crippen molar-refractivity contribution in [2.45, 2.75) is 6.92 Å². The van der Waals surface area contributed by atoms with Gasteiger partial charge < -0.3 is 14.5 Å². The van der Waals surface area contributed by atoms with Gasteiger partial charge in [0.05, 0.1) is 0 Å². The molecule has 0 spiro atoms. The zero-order chi connectivity index (χ0) is 17.1. The number of hydrogen-bond acceptors (Lipinski definition) is 4. The molecule has 0 radical (unpaired) electrons. The molecule has 122 valence electrons. The van der Waals surface area contributed by atoms with Crippen LogP contribution in [0.1, 0.15) is 16.1 Å². The lowest BCUT2D eigenvalue weighted by Gasteiger charge is -2.08. The van der Waals surface area contributed by atoms with Crippen LogP contribution in [0.4, 0.5) is 5.69 Å². The molecule has 0 aliphatic carbocycles. The van der Waals surface area contributed by atoms with Gasteiger partial charge in [-0.15, -0.1) is 0 Å². The first-order valence-corrected chi connectivity index (χ1v) is 7.99. The molecule has 1 aromatic carbocycles. The van der Waals surface area contributed by atoms with Crippen LogP contribution in [0.3, 0.4) is 0 Å². The van der Waals surface area contributed by atoms with Gasteiger partial charge in [-0.05, 0) is 42.8 Å². The van der Waals surface area contributed by atoms with Crippen molar-refractivity contribution in [2.75, 3.05) is 11.9 Å². The van der Waals surface area contributed by atoms with Crippen LogP contribution in [-0.4, -0.2) is 27.9 Å². The number of carbonyl (C=O) groups excluding carboxylic acids is 2. The van der Waals surface area contributed by atoms with Crippen LogP contribution in [0.25, 0.3) is 5.65 Å². The Balaban J connectivity index is 1.60. The number of ether oxygens (including phenoxy) is 1. The molecule has 0 bridgehead atoms. The summed E-state index contributed by atoms with van der Waals surface area (Å²) in [5, 5.41) is 2.71. The first kappa shape index (κ1) is 16.2. The van der Waals surface area contributed by atoms with Crippen LogP contribution in [0.2, 0.25) is 0 Å². The second-order valence-corrected chi connectivity index (χ2v) is 6.09. The molecule has 0 fully saturated rings. The van der Waals surface area contributed by atoms with E-state index in [2.05, 4.69) is 26.2 Å². The molecule has 7 heteroatoms. The Kier molecular flexibility index (Phi) is 4.61. The predicted octanol–water partition coefficient (Wildman–Crippen LogP) is 3.20. The Labute approximate surface area is 146 Å². The number of pyridine rings is 1. The molecule has 1 amide bonds. The maximum absolute atomic E-state index is 12.0. The molecule has 0 saturated carbocycles. The zero-order valence-corrected chi connectivity index (χ0v) is 14.4. The monoisotopic (exact) mass is 387 g/mol. The SMILES string of the molecule is Cc1cc(Br)ccc1NC(=O)COC(=O)c1cn2ccccc2n1. The van der Waals surface area contributed by atoms with Crippen molar-refractivity contribution in [3.63, 3.8) is 0 Å². The maximum atomic E-state index is 12.0. The Hall–Kier alpha value is -2.67. The van der Waals surface area contributed by atoms with Crippen LogP contribution in [0.5, 0.6) is 0 Å². The quantitative estimate of drug-likeness (QED) is 0.697. The highest BCUT2D eigenvalue weighted by Gasteiger charge is 2.14. The maximum Gasteiger partial charge on any atom is 0.359 e. The number of amides is 1. The van der Waals surface area contributed by atoms with Crippen molar-refractivity contribution in [3.8, 4) is 0 Å². The molecule has 3 rings (SSSR count). The number of rotatable bonds is 4. The minimum atomic E-state index is -0.638. The summed E-state index contributed by atoms with van der Waals surface area (Å²) in [5.41, 5.74) is 2.38. The average molecular weight is 388 g/mol. The molecule has 1 N–H and O–H groups in total. The lowest BCUT2D eigenvalue weighted by Crippen LogP contribution is -2.21. The fourth-order valence-electron chi connectivity index (χ4n) is 2.19. The molecule has 0 saturated heterocycles. The smallest absolute Gasteiger partial charge is 0.359 e. The van der Waals surface area contributed by atoms with Gasteiger partial charge in [0.15, 0.2) is 12.3 Å². The summed E-state index contributed by atoms with van der Waals surface area (Å²) in [4.78, 5) is 28.1. The van der Waals surface area contributed by atoms with Crippen LogP contribution in [-0.2, 0) is 9.53 Å². The van der Waals surface area contributed by atoms with Gasteiger partial charge in [-0.1, -0.05) is 22.0 Å². The number of anilines is 1. The number of aromatic nitrogens is 2. The number of aryl methyl sites for hydroxylation is 1. The van der Waals surface area contributed by atoms with Gasteiger partial charge in [-0.2, -0.15) is 0 Å². The summed E-state index contributed by atoms with van der Waals surface area (Å²) < 4.78 is 7.66. The summed E-state index contributed by atoms with van der Waals surface area (Å²) in [6.07, 6.45) is 3.34. The van der Waals surface area contributed by atoms with Crippen LogP contribution < -0.4 is 5.32 Å². The van der Waals surface area contributed by atoms with E-state index >= 15 is 0 Å². The van der Waals surface area contributed by atoms with Gasteiger partial charge in [0.25, 0.3) is 5.91 Å². The van der Waals surface area contributed by atoms with Crippen molar-refractivity contribution in [3.05, 3.63) is 64.5 Å². The highest BCUT2D eigenvalue weighted by Crippen LogP contribution is 2.19. The Morgan fingerprint density at radius 2 is 2.12 bits per heavy atom. The average Bonchev–Trinajstić information content (AvgIpc) is 2.99. The predicted molar refractivity (Wildman–Crippen MR) is 93.0 cm³/mol. The summed E-state index contributed by atoms with van der Waals surface area (Å²) >= 11 is 3.36. The van der Waals surface area contributed by atoms with Gasteiger partial charge in [0, 0.05) is 22.6 Å². The zero-order valence-electron chi connectivity index (χ0n) is 12.8. The number of halogens is 1. The number of benzene rings is 1. The van der Waals surface area contributed by atoms with Crippen LogP contribution in [0.15, 0.2) is 53.3 Å². The van der Waals surface area contributed by atoms with E-state index in [1.165, 1.54) is 0 Å². The Morgan fingerprint density at radius 3 is 2.88 bits per heavy atom. The normalized spacial score (nSPS) is 10.6. The van der Waals surface area contributed by atoms with E-state index in [4.69, 9.17) is 4.74 Å². The molecule has 0 aliphatic heterocycles.